The van der Waals surface area contributed by atoms with Crippen molar-refractivity contribution in [3.63, 3.8) is 0 Å². The zero-order valence-corrected chi connectivity index (χ0v) is 19.1. The molecular formula is C24H26N6O3. The zero-order valence-electron chi connectivity index (χ0n) is 19.1. The Kier molecular flexibility index (Phi) is 4.92. The van der Waals surface area contributed by atoms with Crippen LogP contribution in [-0.2, 0) is 7.05 Å². The molecule has 0 aliphatic carbocycles. The van der Waals surface area contributed by atoms with Gasteiger partial charge in [-0.25, -0.2) is 14.8 Å². The number of pyridine rings is 1. The first-order valence-corrected chi connectivity index (χ1v) is 10.9. The third-order valence-corrected chi connectivity index (χ3v) is 6.27. The van der Waals surface area contributed by atoms with Gasteiger partial charge in [-0.2, -0.15) is 4.98 Å². The van der Waals surface area contributed by atoms with Crippen LogP contribution in [0.25, 0.3) is 33.3 Å². The number of hydrogen-bond acceptors (Lipinski definition) is 6. The predicted molar refractivity (Wildman–Crippen MR) is 124 cm³/mol. The molecule has 170 valence electrons. The van der Waals surface area contributed by atoms with E-state index in [-0.39, 0.29) is 17.6 Å². The summed E-state index contributed by atoms with van der Waals surface area (Å²) in [5.41, 5.74) is 1.79. The number of likely N-dealkylation sites (tertiary alicyclic amines) is 1. The van der Waals surface area contributed by atoms with Gasteiger partial charge in [0.1, 0.15) is 18.3 Å². The predicted octanol–water partition coefficient (Wildman–Crippen LogP) is 4.12. The molecular weight excluding hydrogens is 420 g/mol. The van der Waals surface area contributed by atoms with Crippen molar-refractivity contribution in [1.29, 1.82) is 0 Å². The van der Waals surface area contributed by atoms with Crippen molar-refractivity contribution in [3.8, 4) is 17.3 Å². The molecule has 1 aromatic carbocycles. The summed E-state index contributed by atoms with van der Waals surface area (Å²) >= 11 is 0. The van der Waals surface area contributed by atoms with Crippen molar-refractivity contribution in [2.24, 2.45) is 12.5 Å². The fourth-order valence-corrected chi connectivity index (χ4v) is 4.87. The Labute approximate surface area is 191 Å². The Morgan fingerprint density at radius 3 is 2.73 bits per heavy atom. The fraction of sp³-hybridized carbons (Fsp3) is 0.375. The van der Waals surface area contributed by atoms with E-state index in [0.29, 0.717) is 35.8 Å². The first-order chi connectivity index (χ1) is 15.8. The Bertz CT molecular complexity index is 1350. The standard InChI is InChI=1S/C24H26N6O3/c1-24(2,3)19-17(9-10-30(19)23(31)32)33-22-18-21(26-13-27-22)29(4)20(28-18)16-12-25-11-14-7-5-6-8-15(14)16/h5-8,11-13,17,19H,9-10H2,1-4H3,(H,31,32). The molecule has 1 aliphatic heterocycles. The van der Waals surface area contributed by atoms with E-state index in [2.05, 4.69) is 15.0 Å². The molecule has 5 rings (SSSR count). The summed E-state index contributed by atoms with van der Waals surface area (Å²) in [6.07, 6.45) is 4.42. The van der Waals surface area contributed by atoms with Crippen LogP contribution in [0.15, 0.2) is 43.0 Å². The van der Waals surface area contributed by atoms with Gasteiger partial charge in [-0.1, -0.05) is 45.0 Å². The largest absolute Gasteiger partial charge is 0.470 e. The van der Waals surface area contributed by atoms with Gasteiger partial charge in [-0.15, -0.1) is 0 Å². The summed E-state index contributed by atoms with van der Waals surface area (Å²) in [6.45, 7) is 6.50. The Morgan fingerprint density at radius 1 is 1.18 bits per heavy atom. The maximum absolute atomic E-state index is 11.8. The number of imidazole rings is 1. The van der Waals surface area contributed by atoms with E-state index in [1.807, 2.05) is 62.8 Å². The number of benzene rings is 1. The van der Waals surface area contributed by atoms with Crippen LogP contribution in [0.3, 0.4) is 0 Å². The van der Waals surface area contributed by atoms with Gasteiger partial charge < -0.3 is 19.3 Å². The molecule has 1 N–H and O–H groups in total. The topological polar surface area (TPSA) is 106 Å². The van der Waals surface area contributed by atoms with E-state index in [0.717, 1.165) is 16.3 Å². The van der Waals surface area contributed by atoms with Gasteiger partial charge in [-0.3, -0.25) is 4.98 Å². The number of rotatable bonds is 3. The highest BCUT2D eigenvalue weighted by Crippen LogP contribution is 2.37. The second-order valence-corrected chi connectivity index (χ2v) is 9.49. The Morgan fingerprint density at radius 2 is 1.97 bits per heavy atom. The van der Waals surface area contributed by atoms with Crippen molar-refractivity contribution >= 4 is 28.0 Å². The van der Waals surface area contributed by atoms with Crippen LogP contribution < -0.4 is 4.74 Å². The maximum Gasteiger partial charge on any atom is 0.407 e. The van der Waals surface area contributed by atoms with Gasteiger partial charge in [0, 0.05) is 43.4 Å². The number of fused-ring (bicyclic) bond motifs is 2. The third kappa shape index (κ3) is 3.53. The van der Waals surface area contributed by atoms with Crippen LogP contribution >= 0.6 is 0 Å². The van der Waals surface area contributed by atoms with Gasteiger partial charge in [0.25, 0.3) is 0 Å². The molecule has 0 radical (unpaired) electrons. The summed E-state index contributed by atoms with van der Waals surface area (Å²) in [5, 5.41) is 11.7. The molecule has 33 heavy (non-hydrogen) atoms. The number of carbonyl (C=O) groups is 1. The lowest BCUT2D eigenvalue weighted by atomic mass is 9.84. The second-order valence-electron chi connectivity index (χ2n) is 9.49. The summed E-state index contributed by atoms with van der Waals surface area (Å²) in [7, 11) is 1.91. The minimum Gasteiger partial charge on any atom is -0.470 e. The van der Waals surface area contributed by atoms with Crippen LogP contribution in [0.4, 0.5) is 4.79 Å². The molecule has 4 aromatic rings. The lowest BCUT2D eigenvalue weighted by molar-refractivity contribution is 0.0558. The van der Waals surface area contributed by atoms with Crippen LogP contribution in [-0.4, -0.2) is 59.3 Å². The number of nitrogens with zero attached hydrogens (tertiary/aromatic N) is 6. The molecule has 2 atom stereocenters. The van der Waals surface area contributed by atoms with Gasteiger partial charge in [-0.05, 0) is 10.8 Å². The van der Waals surface area contributed by atoms with Crippen LogP contribution in [0.2, 0.25) is 0 Å². The zero-order chi connectivity index (χ0) is 23.3. The first kappa shape index (κ1) is 21.1. The van der Waals surface area contributed by atoms with Crippen molar-refractivity contribution in [1.82, 2.24) is 29.4 Å². The van der Waals surface area contributed by atoms with Gasteiger partial charge in [0.2, 0.25) is 5.88 Å². The summed E-state index contributed by atoms with van der Waals surface area (Å²) in [4.78, 5) is 31.3. The first-order valence-electron chi connectivity index (χ1n) is 10.9. The molecule has 4 heterocycles. The van der Waals surface area contributed by atoms with Gasteiger partial charge in [0.05, 0.1) is 6.04 Å². The molecule has 2 unspecified atom stereocenters. The summed E-state index contributed by atoms with van der Waals surface area (Å²) in [5.74, 6) is 1.08. The van der Waals surface area contributed by atoms with E-state index in [1.54, 1.807) is 6.20 Å². The number of ether oxygens (including phenoxy) is 1. The highest BCUT2D eigenvalue weighted by Gasteiger charge is 2.45. The van der Waals surface area contributed by atoms with Crippen LogP contribution in [0.5, 0.6) is 5.88 Å². The number of hydrogen-bond donors (Lipinski definition) is 1. The van der Waals surface area contributed by atoms with Crippen LogP contribution in [0.1, 0.15) is 27.2 Å². The lowest BCUT2D eigenvalue weighted by Gasteiger charge is -2.36. The van der Waals surface area contributed by atoms with Crippen molar-refractivity contribution in [2.45, 2.75) is 39.3 Å². The van der Waals surface area contributed by atoms with Crippen molar-refractivity contribution in [3.05, 3.63) is 43.0 Å². The van der Waals surface area contributed by atoms with E-state index < -0.39 is 6.09 Å². The summed E-state index contributed by atoms with van der Waals surface area (Å²) in [6, 6.07) is 7.73. The minimum absolute atomic E-state index is 0.296. The monoisotopic (exact) mass is 446 g/mol. The molecule has 3 aromatic heterocycles. The van der Waals surface area contributed by atoms with Gasteiger partial charge >= 0.3 is 6.09 Å². The average Bonchev–Trinajstić information content (AvgIpc) is 3.36. The smallest absolute Gasteiger partial charge is 0.407 e. The maximum atomic E-state index is 11.8. The SMILES string of the molecule is Cn1c(-c2cncc3ccccc23)nc2c(OC3CCN(C(=O)O)C3C(C)(C)C)ncnc21. The lowest BCUT2D eigenvalue weighted by Crippen LogP contribution is -2.48. The van der Waals surface area contributed by atoms with E-state index in [1.165, 1.54) is 11.2 Å². The Balaban J connectivity index is 1.58. The molecule has 0 saturated carbocycles. The quantitative estimate of drug-likeness (QED) is 0.504. The molecule has 1 saturated heterocycles. The fourth-order valence-electron chi connectivity index (χ4n) is 4.87. The minimum atomic E-state index is -0.933. The van der Waals surface area contributed by atoms with E-state index in [4.69, 9.17) is 9.72 Å². The van der Waals surface area contributed by atoms with Crippen molar-refractivity contribution in [2.75, 3.05) is 6.54 Å². The number of carboxylic acid groups (broad SMARTS) is 1. The number of aromatic nitrogens is 5. The van der Waals surface area contributed by atoms with E-state index >= 15 is 0 Å². The molecule has 0 spiro atoms. The second kappa shape index (κ2) is 7.68. The molecule has 0 bridgehead atoms. The van der Waals surface area contributed by atoms with Crippen molar-refractivity contribution < 1.29 is 14.6 Å². The number of amides is 1. The normalized spacial score (nSPS) is 18.8. The van der Waals surface area contributed by atoms with E-state index in [9.17, 15) is 9.90 Å². The molecule has 9 nitrogen and oxygen atoms in total. The molecule has 1 amide bonds. The summed E-state index contributed by atoms with van der Waals surface area (Å²) < 4.78 is 8.26. The molecule has 1 aliphatic rings. The molecule has 9 heteroatoms. The average molecular weight is 447 g/mol. The molecule has 1 fully saturated rings. The van der Waals surface area contributed by atoms with Crippen LogP contribution in [0, 0.1) is 5.41 Å². The highest BCUT2D eigenvalue weighted by molar-refractivity contribution is 5.96. The van der Waals surface area contributed by atoms with Gasteiger partial charge in [0.15, 0.2) is 11.2 Å². The third-order valence-electron chi connectivity index (χ3n) is 6.27. The number of aryl methyl sites for hydroxylation is 1. The highest BCUT2D eigenvalue weighted by atomic mass is 16.5. The Hall–Kier alpha value is -3.75.